The predicted octanol–water partition coefficient (Wildman–Crippen LogP) is 6.02. The van der Waals surface area contributed by atoms with Crippen molar-refractivity contribution in [1.29, 1.82) is 5.26 Å². The minimum Gasteiger partial charge on any atom is -0.490 e. The summed E-state index contributed by atoms with van der Waals surface area (Å²) in [6.45, 7) is 8.87. The topological polar surface area (TPSA) is 113 Å². The lowest BCUT2D eigenvalue weighted by atomic mass is 9.83. The number of nitrogens with zero attached hydrogens (tertiary/aromatic N) is 1. The second kappa shape index (κ2) is 12.9. The van der Waals surface area contributed by atoms with Crippen LogP contribution >= 0.6 is 0 Å². The summed E-state index contributed by atoms with van der Waals surface area (Å²) in [7, 11) is 0. The van der Waals surface area contributed by atoms with E-state index in [-0.39, 0.29) is 23.8 Å². The Kier molecular flexibility index (Phi) is 9.18. The molecule has 40 heavy (non-hydrogen) atoms. The molecule has 0 radical (unpaired) electrons. The largest absolute Gasteiger partial charge is 0.490 e. The molecule has 3 aromatic carbocycles. The third kappa shape index (κ3) is 6.67. The zero-order chi connectivity index (χ0) is 28.6. The van der Waals surface area contributed by atoms with Crippen LogP contribution < -0.4 is 29.4 Å². The summed E-state index contributed by atoms with van der Waals surface area (Å²) in [6.07, 6.45) is 0.920. The number of allylic oxidation sites excluding steroid dienone is 1. The van der Waals surface area contributed by atoms with Gasteiger partial charge < -0.3 is 29.4 Å². The first-order valence-electron chi connectivity index (χ1n) is 13.3. The molecule has 4 rings (SSSR count). The van der Waals surface area contributed by atoms with Crippen molar-refractivity contribution >= 4 is 5.97 Å². The Hall–Kier alpha value is -4.64. The molecule has 8 nitrogen and oxygen atoms in total. The highest BCUT2D eigenvalue weighted by Crippen LogP contribution is 2.45. The Bertz CT molecular complexity index is 1440. The predicted molar refractivity (Wildman–Crippen MR) is 151 cm³/mol. The van der Waals surface area contributed by atoms with Crippen LogP contribution in [0.25, 0.3) is 0 Å². The van der Waals surface area contributed by atoms with Gasteiger partial charge in [0.2, 0.25) is 5.88 Å². The third-order valence-corrected chi connectivity index (χ3v) is 6.42. The Morgan fingerprint density at radius 3 is 2.55 bits per heavy atom. The molecular formula is C32H34N2O6. The van der Waals surface area contributed by atoms with Gasteiger partial charge in [-0.15, -0.1) is 0 Å². The van der Waals surface area contributed by atoms with E-state index in [2.05, 4.69) is 19.9 Å². The lowest BCUT2D eigenvalue weighted by molar-refractivity contribution is -0.136. The zero-order valence-electron chi connectivity index (χ0n) is 23.2. The van der Waals surface area contributed by atoms with Gasteiger partial charge in [0, 0.05) is 11.6 Å². The third-order valence-electron chi connectivity index (χ3n) is 6.42. The van der Waals surface area contributed by atoms with Gasteiger partial charge in [0.25, 0.3) is 0 Å². The molecule has 1 aliphatic heterocycles. The molecule has 3 aromatic rings. The Labute approximate surface area is 234 Å². The molecule has 0 fully saturated rings. The highest BCUT2D eigenvalue weighted by atomic mass is 16.6. The van der Waals surface area contributed by atoms with Crippen molar-refractivity contribution in [1.82, 2.24) is 0 Å². The van der Waals surface area contributed by atoms with Gasteiger partial charge in [-0.05, 0) is 61.6 Å². The first kappa shape index (κ1) is 28.4. The molecule has 1 aliphatic rings. The van der Waals surface area contributed by atoms with Crippen molar-refractivity contribution in [3.8, 4) is 34.8 Å². The monoisotopic (exact) mass is 542 g/mol. The second-order valence-electron chi connectivity index (χ2n) is 9.82. The van der Waals surface area contributed by atoms with Gasteiger partial charge in [0.05, 0.1) is 19.1 Å². The quantitative estimate of drug-likeness (QED) is 0.231. The smallest absolute Gasteiger partial charge is 0.349 e. The maximum Gasteiger partial charge on any atom is 0.349 e. The summed E-state index contributed by atoms with van der Waals surface area (Å²) in [5, 5.41) is 9.95. The van der Waals surface area contributed by atoms with Crippen LogP contribution in [-0.4, -0.2) is 25.8 Å². The molecular weight excluding hydrogens is 508 g/mol. The molecule has 0 amide bonds. The van der Waals surface area contributed by atoms with E-state index in [9.17, 15) is 10.1 Å². The molecule has 0 saturated heterocycles. The fourth-order valence-corrected chi connectivity index (χ4v) is 4.35. The number of carbonyl (C=O) groups excluding carboxylic acids is 1. The number of carbonyl (C=O) groups is 1. The number of fused-ring (bicyclic) bond motifs is 1. The van der Waals surface area contributed by atoms with Gasteiger partial charge in [0.15, 0.2) is 18.1 Å². The van der Waals surface area contributed by atoms with E-state index >= 15 is 0 Å². The normalized spacial score (nSPS) is 14.2. The second-order valence-corrected chi connectivity index (χ2v) is 9.82. The fourth-order valence-electron chi connectivity index (χ4n) is 4.35. The van der Waals surface area contributed by atoms with Crippen LogP contribution in [0.15, 0.2) is 72.1 Å². The van der Waals surface area contributed by atoms with Crippen LogP contribution in [0, 0.1) is 24.2 Å². The maximum absolute atomic E-state index is 12.5. The van der Waals surface area contributed by atoms with E-state index in [4.69, 9.17) is 29.4 Å². The summed E-state index contributed by atoms with van der Waals surface area (Å²) in [4.78, 5) is 12.5. The van der Waals surface area contributed by atoms with Crippen LogP contribution in [0.1, 0.15) is 49.8 Å². The molecule has 208 valence electrons. The van der Waals surface area contributed by atoms with Gasteiger partial charge >= 0.3 is 5.97 Å². The average molecular weight is 543 g/mol. The van der Waals surface area contributed by atoms with Crippen molar-refractivity contribution in [2.45, 2.75) is 40.0 Å². The molecule has 0 bridgehead atoms. The summed E-state index contributed by atoms with van der Waals surface area (Å²) >= 11 is 0. The molecule has 0 saturated carbocycles. The van der Waals surface area contributed by atoms with E-state index < -0.39 is 11.9 Å². The van der Waals surface area contributed by atoms with E-state index in [1.54, 1.807) is 24.3 Å². The average Bonchev–Trinajstić information content (AvgIpc) is 2.92. The number of rotatable bonds is 11. The number of nitriles is 1. The first-order valence-corrected chi connectivity index (χ1v) is 13.3. The Balaban J connectivity index is 1.57. The van der Waals surface area contributed by atoms with Gasteiger partial charge in [0.1, 0.15) is 28.9 Å². The molecule has 2 N–H and O–H groups in total. The maximum atomic E-state index is 12.5. The highest BCUT2D eigenvalue weighted by molar-refractivity contribution is 5.74. The molecule has 8 heteroatoms. The summed E-state index contributed by atoms with van der Waals surface area (Å²) in [6, 6.07) is 20.2. The molecule has 0 aliphatic carbocycles. The van der Waals surface area contributed by atoms with E-state index in [0.29, 0.717) is 47.7 Å². The van der Waals surface area contributed by atoms with Gasteiger partial charge in [-0.2, -0.15) is 5.26 Å². The highest BCUT2D eigenvalue weighted by Gasteiger charge is 2.32. The zero-order valence-corrected chi connectivity index (χ0v) is 23.2. The molecule has 1 heterocycles. The van der Waals surface area contributed by atoms with Crippen molar-refractivity contribution in [2.75, 3.05) is 19.8 Å². The minimum atomic E-state index is -0.564. The molecule has 1 atom stereocenters. The van der Waals surface area contributed by atoms with Crippen LogP contribution in [0.5, 0.6) is 28.7 Å². The minimum absolute atomic E-state index is 0.0124. The number of aryl methyl sites for hydroxylation is 1. The van der Waals surface area contributed by atoms with Crippen LogP contribution in [0.2, 0.25) is 0 Å². The van der Waals surface area contributed by atoms with Gasteiger partial charge in [-0.1, -0.05) is 44.2 Å². The Morgan fingerprint density at radius 1 is 1.02 bits per heavy atom. The number of nitrogens with two attached hydrogens (primary N) is 1. The summed E-state index contributed by atoms with van der Waals surface area (Å²) in [5.74, 6) is 1.94. The SMILES string of the molecule is CCOc1cc(C2C(C#N)=C(N)Oc3cc(OC(=O)COc4ccccc4C)ccc32)ccc1OCCC(C)C. The van der Waals surface area contributed by atoms with E-state index in [1.165, 1.54) is 0 Å². The molecule has 1 unspecified atom stereocenters. The number of ether oxygens (including phenoxy) is 5. The van der Waals surface area contributed by atoms with Crippen LogP contribution in [0.3, 0.4) is 0 Å². The van der Waals surface area contributed by atoms with Gasteiger partial charge in [-0.3, -0.25) is 0 Å². The number of benzene rings is 3. The van der Waals surface area contributed by atoms with Crippen LogP contribution in [0.4, 0.5) is 0 Å². The summed E-state index contributed by atoms with van der Waals surface area (Å²) < 4.78 is 28.7. The van der Waals surface area contributed by atoms with Crippen molar-refractivity contribution in [3.05, 3.63) is 88.8 Å². The van der Waals surface area contributed by atoms with Crippen molar-refractivity contribution in [2.24, 2.45) is 11.7 Å². The fraction of sp³-hybridized carbons (Fsp3) is 0.312. The lowest BCUT2D eigenvalue weighted by Crippen LogP contribution is -2.22. The van der Waals surface area contributed by atoms with Crippen molar-refractivity contribution in [3.63, 3.8) is 0 Å². The number of hydrogen-bond donors (Lipinski definition) is 1. The van der Waals surface area contributed by atoms with E-state index in [0.717, 1.165) is 17.5 Å². The number of hydrogen-bond acceptors (Lipinski definition) is 8. The lowest BCUT2D eigenvalue weighted by Gasteiger charge is -2.27. The molecule has 0 aromatic heterocycles. The Morgan fingerprint density at radius 2 is 1.82 bits per heavy atom. The number of para-hydroxylation sites is 1. The summed E-state index contributed by atoms with van der Waals surface area (Å²) in [5.41, 5.74) is 8.88. The molecule has 0 spiro atoms. The number of esters is 1. The first-order chi connectivity index (χ1) is 19.3. The van der Waals surface area contributed by atoms with E-state index in [1.807, 2.05) is 50.2 Å². The van der Waals surface area contributed by atoms with Crippen LogP contribution in [-0.2, 0) is 4.79 Å². The van der Waals surface area contributed by atoms with Gasteiger partial charge in [-0.25, -0.2) is 4.79 Å². The standard InChI is InChI=1S/C32H34N2O6/c1-5-36-29-16-22(10-13-27(29)37-15-14-20(2)3)31-24-12-11-23(17-28(24)40-32(34)25(31)18-33)39-30(35)19-38-26-9-7-6-8-21(26)4/h6-13,16-17,20,31H,5,14-15,19,34H2,1-4H3. The van der Waals surface area contributed by atoms with Crippen molar-refractivity contribution < 1.29 is 28.5 Å².